The molecule has 2 heterocycles. The van der Waals surface area contributed by atoms with E-state index in [4.69, 9.17) is 0 Å². The molecule has 19 heavy (non-hydrogen) atoms. The summed E-state index contributed by atoms with van der Waals surface area (Å²) in [7, 11) is 0. The summed E-state index contributed by atoms with van der Waals surface area (Å²) < 4.78 is 0. The third kappa shape index (κ3) is 3.22. The minimum Gasteiger partial charge on any atom is -0.297 e. The lowest BCUT2D eigenvalue weighted by atomic mass is 10.1. The average Bonchev–Trinajstić information content (AvgIpc) is 3.06. The zero-order valence-electron chi connectivity index (χ0n) is 11.2. The van der Waals surface area contributed by atoms with Crippen molar-refractivity contribution in [1.29, 1.82) is 0 Å². The number of benzene rings is 1. The highest BCUT2D eigenvalue weighted by Crippen LogP contribution is 2.37. The van der Waals surface area contributed by atoms with Crippen LogP contribution in [0.4, 0.5) is 0 Å². The molecule has 3 rings (SSSR count). The van der Waals surface area contributed by atoms with E-state index in [-0.39, 0.29) is 0 Å². The van der Waals surface area contributed by atoms with E-state index in [1.165, 1.54) is 28.3 Å². The van der Waals surface area contributed by atoms with Crippen LogP contribution in [-0.2, 0) is 13.0 Å². The van der Waals surface area contributed by atoms with Gasteiger partial charge in [-0.25, -0.2) is 0 Å². The summed E-state index contributed by atoms with van der Waals surface area (Å²) in [5, 5.41) is 2.89. The lowest BCUT2D eigenvalue weighted by molar-refractivity contribution is 0.283. The standard InChI is InChI=1S/C16H19NS2/c1-2-17(11-14-7-5-9-18-14)12-15-10-13-6-3-4-8-16(13)19-15/h3-9,15H,2,10-12H2,1H3. The van der Waals surface area contributed by atoms with Gasteiger partial charge in [-0.2, -0.15) is 0 Å². The van der Waals surface area contributed by atoms with Crippen LogP contribution < -0.4 is 0 Å². The molecule has 1 nitrogen and oxygen atoms in total. The van der Waals surface area contributed by atoms with Gasteiger partial charge in [0.2, 0.25) is 0 Å². The molecule has 100 valence electrons. The molecule has 0 N–H and O–H groups in total. The summed E-state index contributed by atoms with van der Waals surface area (Å²) >= 11 is 3.92. The predicted octanol–water partition coefficient (Wildman–Crippen LogP) is 4.29. The van der Waals surface area contributed by atoms with Crippen molar-refractivity contribution in [3.63, 3.8) is 0 Å². The van der Waals surface area contributed by atoms with E-state index >= 15 is 0 Å². The summed E-state index contributed by atoms with van der Waals surface area (Å²) in [6, 6.07) is 13.2. The Kier molecular flexibility index (Phi) is 4.26. The zero-order chi connectivity index (χ0) is 13.1. The van der Waals surface area contributed by atoms with Crippen LogP contribution >= 0.6 is 23.1 Å². The Bertz CT molecular complexity index is 494. The molecule has 0 saturated heterocycles. The number of hydrogen-bond donors (Lipinski definition) is 0. The highest BCUT2D eigenvalue weighted by molar-refractivity contribution is 8.00. The fraction of sp³-hybridized carbons (Fsp3) is 0.375. The molecule has 0 radical (unpaired) electrons. The van der Waals surface area contributed by atoms with Gasteiger partial charge in [-0.05, 0) is 36.0 Å². The first-order chi connectivity index (χ1) is 9.35. The van der Waals surface area contributed by atoms with Crippen molar-refractivity contribution >= 4 is 23.1 Å². The van der Waals surface area contributed by atoms with E-state index < -0.39 is 0 Å². The topological polar surface area (TPSA) is 3.24 Å². The molecule has 1 aromatic heterocycles. The van der Waals surface area contributed by atoms with Gasteiger partial charge in [0.05, 0.1) is 0 Å². The molecule has 1 atom stereocenters. The van der Waals surface area contributed by atoms with Crippen LogP contribution in [0.15, 0.2) is 46.7 Å². The normalized spacial score (nSPS) is 17.9. The maximum Gasteiger partial charge on any atom is 0.0328 e. The second-order valence-electron chi connectivity index (χ2n) is 4.96. The quantitative estimate of drug-likeness (QED) is 0.808. The molecule has 2 aromatic rings. The third-order valence-electron chi connectivity index (χ3n) is 3.58. The molecule has 0 amide bonds. The maximum atomic E-state index is 2.56. The fourth-order valence-electron chi connectivity index (χ4n) is 2.57. The summed E-state index contributed by atoms with van der Waals surface area (Å²) in [6.07, 6.45) is 1.22. The number of rotatable bonds is 5. The number of thioether (sulfide) groups is 1. The summed E-state index contributed by atoms with van der Waals surface area (Å²) in [4.78, 5) is 5.53. The van der Waals surface area contributed by atoms with E-state index in [9.17, 15) is 0 Å². The van der Waals surface area contributed by atoms with Gasteiger partial charge in [-0.1, -0.05) is 31.2 Å². The number of nitrogens with zero attached hydrogens (tertiary/aromatic N) is 1. The van der Waals surface area contributed by atoms with Crippen LogP contribution in [0, 0.1) is 0 Å². The molecule has 3 heteroatoms. The van der Waals surface area contributed by atoms with Gasteiger partial charge in [-0.15, -0.1) is 23.1 Å². The SMILES string of the molecule is CCN(Cc1cccs1)CC1Cc2ccccc2S1. The van der Waals surface area contributed by atoms with Crippen molar-refractivity contribution in [2.75, 3.05) is 13.1 Å². The summed E-state index contributed by atoms with van der Waals surface area (Å²) in [6.45, 7) is 5.68. The molecule has 0 saturated carbocycles. The first-order valence-corrected chi connectivity index (χ1v) is 8.60. The highest BCUT2D eigenvalue weighted by Gasteiger charge is 2.23. The van der Waals surface area contributed by atoms with Crippen molar-refractivity contribution in [1.82, 2.24) is 4.90 Å². The predicted molar refractivity (Wildman–Crippen MR) is 85.1 cm³/mol. The minimum atomic E-state index is 0.720. The van der Waals surface area contributed by atoms with Crippen LogP contribution in [0.2, 0.25) is 0 Å². The van der Waals surface area contributed by atoms with Gasteiger partial charge in [0.1, 0.15) is 0 Å². The van der Waals surface area contributed by atoms with Gasteiger partial charge >= 0.3 is 0 Å². The van der Waals surface area contributed by atoms with Gasteiger partial charge in [0.15, 0.2) is 0 Å². The Morgan fingerprint density at radius 2 is 2.11 bits per heavy atom. The third-order valence-corrected chi connectivity index (χ3v) is 5.74. The van der Waals surface area contributed by atoms with Gasteiger partial charge in [0.25, 0.3) is 0 Å². The van der Waals surface area contributed by atoms with Crippen LogP contribution in [-0.4, -0.2) is 23.2 Å². The first-order valence-electron chi connectivity index (χ1n) is 6.84. The average molecular weight is 289 g/mol. The molecule has 1 unspecified atom stereocenters. The second-order valence-corrected chi connectivity index (χ2v) is 7.33. The Balaban J connectivity index is 1.59. The molecule has 0 fully saturated rings. The molecule has 1 aliphatic rings. The van der Waals surface area contributed by atoms with Gasteiger partial charge in [-0.3, -0.25) is 4.90 Å². The Morgan fingerprint density at radius 1 is 1.21 bits per heavy atom. The Labute approximate surface area is 123 Å². The highest BCUT2D eigenvalue weighted by atomic mass is 32.2. The fourth-order valence-corrected chi connectivity index (χ4v) is 4.69. The minimum absolute atomic E-state index is 0.720. The van der Waals surface area contributed by atoms with Crippen LogP contribution in [0.25, 0.3) is 0 Å². The van der Waals surface area contributed by atoms with E-state index in [0.29, 0.717) is 0 Å². The lowest BCUT2D eigenvalue weighted by Gasteiger charge is -2.22. The van der Waals surface area contributed by atoms with Crippen molar-refractivity contribution in [2.45, 2.75) is 30.0 Å². The van der Waals surface area contributed by atoms with E-state index in [0.717, 1.165) is 18.3 Å². The number of fused-ring (bicyclic) bond motifs is 1. The molecule has 1 aliphatic heterocycles. The monoisotopic (exact) mass is 289 g/mol. The van der Waals surface area contributed by atoms with E-state index in [2.05, 4.69) is 65.4 Å². The Hall–Kier alpha value is -0.770. The van der Waals surface area contributed by atoms with Crippen molar-refractivity contribution in [3.8, 4) is 0 Å². The molecule has 0 bridgehead atoms. The first kappa shape index (κ1) is 13.2. The number of thiophene rings is 1. The second kappa shape index (κ2) is 6.12. The maximum absolute atomic E-state index is 2.56. The van der Waals surface area contributed by atoms with Crippen LogP contribution in [0.3, 0.4) is 0 Å². The molecular formula is C16H19NS2. The smallest absolute Gasteiger partial charge is 0.0328 e. The summed E-state index contributed by atoms with van der Waals surface area (Å²) in [5.74, 6) is 0. The molecule has 0 aliphatic carbocycles. The zero-order valence-corrected chi connectivity index (χ0v) is 12.8. The van der Waals surface area contributed by atoms with Crippen LogP contribution in [0.1, 0.15) is 17.4 Å². The van der Waals surface area contributed by atoms with Crippen molar-refractivity contribution in [2.24, 2.45) is 0 Å². The molecular weight excluding hydrogens is 270 g/mol. The molecule has 1 aromatic carbocycles. The van der Waals surface area contributed by atoms with E-state index in [1.54, 1.807) is 0 Å². The van der Waals surface area contributed by atoms with Crippen molar-refractivity contribution in [3.05, 3.63) is 52.2 Å². The van der Waals surface area contributed by atoms with Gasteiger partial charge < -0.3 is 0 Å². The van der Waals surface area contributed by atoms with Crippen LogP contribution in [0.5, 0.6) is 0 Å². The largest absolute Gasteiger partial charge is 0.297 e. The van der Waals surface area contributed by atoms with Crippen molar-refractivity contribution < 1.29 is 0 Å². The molecule has 0 spiro atoms. The summed E-state index contributed by atoms with van der Waals surface area (Å²) in [5.41, 5.74) is 1.53. The number of hydrogen-bond acceptors (Lipinski definition) is 3. The lowest BCUT2D eigenvalue weighted by Crippen LogP contribution is -2.30. The van der Waals surface area contributed by atoms with Gasteiger partial charge in [0, 0.05) is 28.1 Å². The van der Waals surface area contributed by atoms with E-state index in [1.807, 2.05) is 11.3 Å². The Morgan fingerprint density at radius 3 is 2.84 bits per heavy atom.